The second-order valence-corrected chi connectivity index (χ2v) is 6.31. The van der Waals surface area contributed by atoms with Gasteiger partial charge in [0.1, 0.15) is 0 Å². The van der Waals surface area contributed by atoms with E-state index in [0.717, 1.165) is 12.8 Å². The van der Waals surface area contributed by atoms with E-state index in [0.29, 0.717) is 6.42 Å². The summed E-state index contributed by atoms with van der Waals surface area (Å²) in [6, 6.07) is 0. The standard InChI is InChI=1S/C9H18O2Te/c1-2-3-7-12-8-5-4-6-9(10)11/h2-8H2,1H3,(H,10,11). The molecule has 0 aromatic carbocycles. The number of hydrogen-bond acceptors (Lipinski definition) is 1. The second-order valence-electron chi connectivity index (χ2n) is 2.82. The first-order chi connectivity index (χ1) is 5.77. The maximum absolute atomic E-state index is 10.1. The third-order valence-electron chi connectivity index (χ3n) is 1.57. The quantitative estimate of drug-likeness (QED) is 0.550. The molecule has 12 heavy (non-hydrogen) atoms. The number of carboxylic acid groups (broad SMARTS) is 1. The number of aliphatic carboxylic acids is 1. The van der Waals surface area contributed by atoms with E-state index < -0.39 is 5.97 Å². The van der Waals surface area contributed by atoms with Crippen LogP contribution in [0.4, 0.5) is 0 Å². The van der Waals surface area contributed by atoms with Gasteiger partial charge in [-0.2, -0.15) is 0 Å². The Morgan fingerprint density at radius 1 is 1.25 bits per heavy atom. The van der Waals surface area contributed by atoms with Crippen molar-refractivity contribution in [1.29, 1.82) is 0 Å². The van der Waals surface area contributed by atoms with Crippen LogP contribution in [-0.4, -0.2) is 32.0 Å². The molecule has 3 heteroatoms. The minimum absolute atomic E-state index is 0.233. The van der Waals surface area contributed by atoms with Gasteiger partial charge >= 0.3 is 84.8 Å². The number of carboxylic acids is 1. The third-order valence-corrected chi connectivity index (χ3v) is 4.87. The van der Waals surface area contributed by atoms with Crippen LogP contribution in [0, 0.1) is 0 Å². The van der Waals surface area contributed by atoms with Crippen LogP contribution in [0.3, 0.4) is 0 Å². The van der Waals surface area contributed by atoms with Crippen LogP contribution in [-0.2, 0) is 4.79 Å². The molecule has 0 aliphatic rings. The Balaban J connectivity index is 2.86. The van der Waals surface area contributed by atoms with Gasteiger partial charge in [-0.3, -0.25) is 0 Å². The van der Waals surface area contributed by atoms with Crippen molar-refractivity contribution in [3.63, 3.8) is 0 Å². The van der Waals surface area contributed by atoms with E-state index in [1.165, 1.54) is 21.8 Å². The molecule has 0 aromatic heterocycles. The fourth-order valence-corrected chi connectivity index (χ4v) is 3.98. The van der Waals surface area contributed by atoms with Crippen molar-refractivity contribution < 1.29 is 9.90 Å². The zero-order valence-corrected chi connectivity index (χ0v) is 10.0. The molecule has 0 aromatic rings. The number of hydrogen-bond donors (Lipinski definition) is 1. The Labute approximate surface area is 84.8 Å². The molecule has 0 atom stereocenters. The molecule has 0 unspecified atom stereocenters. The third kappa shape index (κ3) is 10.3. The molecule has 0 fully saturated rings. The van der Waals surface area contributed by atoms with Crippen LogP contribution in [0.2, 0.25) is 8.94 Å². The van der Waals surface area contributed by atoms with Gasteiger partial charge in [0, 0.05) is 0 Å². The molecule has 1 N–H and O–H groups in total. The van der Waals surface area contributed by atoms with E-state index in [1.54, 1.807) is 0 Å². The summed E-state index contributed by atoms with van der Waals surface area (Å²) in [5.74, 6) is -0.649. The second kappa shape index (κ2) is 9.35. The van der Waals surface area contributed by atoms with Crippen LogP contribution >= 0.6 is 0 Å². The molecule has 0 aliphatic heterocycles. The van der Waals surface area contributed by atoms with Crippen molar-refractivity contribution in [3.8, 4) is 0 Å². The van der Waals surface area contributed by atoms with Crippen molar-refractivity contribution in [3.05, 3.63) is 0 Å². The van der Waals surface area contributed by atoms with Crippen LogP contribution in [0.25, 0.3) is 0 Å². The number of carbonyl (C=O) groups is 1. The summed E-state index contributed by atoms with van der Waals surface area (Å²) in [5.41, 5.74) is 0. The van der Waals surface area contributed by atoms with Gasteiger partial charge < -0.3 is 0 Å². The first-order valence-electron chi connectivity index (χ1n) is 4.57. The Bertz CT molecular complexity index is 115. The van der Waals surface area contributed by atoms with Gasteiger partial charge in [0.25, 0.3) is 0 Å². The monoisotopic (exact) mass is 288 g/mol. The van der Waals surface area contributed by atoms with Gasteiger partial charge in [0.05, 0.1) is 0 Å². The van der Waals surface area contributed by atoms with Crippen molar-refractivity contribution in [2.45, 2.75) is 48.0 Å². The predicted molar refractivity (Wildman–Crippen MR) is 51.8 cm³/mol. The molecular formula is C9H18O2Te. The Morgan fingerprint density at radius 2 is 1.92 bits per heavy atom. The van der Waals surface area contributed by atoms with Gasteiger partial charge in [-0.05, 0) is 0 Å². The zero-order valence-electron chi connectivity index (χ0n) is 7.71. The fourth-order valence-electron chi connectivity index (χ4n) is 0.829. The molecule has 0 saturated carbocycles. The minimum atomic E-state index is -0.649. The number of rotatable bonds is 8. The Kier molecular flexibility index (Phi) is 9.55. The molecule has 0 radical (unpaired) electrons. The first kappa shape index (κ1) is 12.3. The van der Waals surface area contributed by atoms with E-state index in [1.807, 2.05) is 0 Å². The topological polar surface area (TPSA) is 37.3 Å². The summed E-state index contributed by atoms with van der Waals surface area (Å²) in [6.45, 7) is 2.22. The van der Waals surface area contributed by atoms with Crippen molar-refractivity contribution in [1.82, 2.24) is 0 Å². The van der Waals surface area contributed by atoms with Crippen molar-refractivity contribution in [2.24, 2.45) is 0 Å². The summed E-state index contributed by atoms with van der Waals surface area (Å²) in [4.78, 5) is 10.1. The van der Waals surface area contributed by atoms with E-state index in [4.69, 9.17) is 5.11 Å². The summed E-state index contributed by atoms with van der Waals surface area (Å²) in [7, 11) is 0. The Hall–Kier alpha value is 0.260. The molecule has 0 bridgehead atoms. The average molecular weight is 286 g/mol. The van der Waals surface area contributed by atoms with Gasteiger partial charge in [0.2, 0.25) is 0 Å². The molecule has 0 aliphatic carbocycles. The van der Waals surface area contributed by atoms with Crippen molar-refractivity contribution >= 4 is 26.9 Å². The first-order valence-corrected chi connectivity index (χ1v) is 7.86. The fraction of sp³-hybridized carbons (Fsp3) is 0.889. The molecule has 0 spiro atoms. The van der Waals surface area contributed by atoms with E-state index in [2.05, 4.69) is 6.92 Å². The number of unbranched alkanes of at least 4 members (excludes halogenated alkanes) is 2. The molecule has 0 amide bonds. The average Bonchev–Trinajstić information content (AvgIpc) is 2.02. The van der Waals surface area contributed by atoms with Crippen molar-refractivity contribution in [2.75, 3.05) is 0 Å². The van der Waals surface area contributed by atoms with Gasteiger partial charge in [-0.1, -0.05) is 0 Å². The summed E-state index contributed by atoms with van der Waals surface area (Å²) in [5, 5.41) is 8.36. The SMILES string of the molecule is CCCC[Te]CCCCC(=O)O. The van der Waals surface area contributed by atoms with E-state index in [9.17, 15) is 4.79 Å². The van der Waals surface area contributed by atoms with Crippen LogP contribution in [0.1, 0.15) is 39.0 Å². The summed E-state index contributed by atoms with van der Waals surface area (Å²) < 4.78 is 2.77. The molecule has 0 heterocycles. The summed E-state index contributed by atoms with van der Waals surface area (Å²) >= 11 is 0.233. The molecular weight excluding hydrogens is 268 g/mol. The predicted octanol–water partition coefficient (Wildman–Crippen LogP) is 2.58. The molecule has 72 valence electrons. The van der Waals surface area contributed by atoms with Crippen LogP contribution in [0.15, 0.2) is 0 Å². The normalized spacial score (nSPS) is 10.1. The molecule has 2 nitrogen and oxygen atoms in total. The van der Waals surface area contributed by atoms with Crippen LogP contribution < -0.4 is 0 Å². The van der Waals surface area contributed by atoms with E-state index >= 15 is 0 Å². The van der Waals surface area contributed by atoms with Gasteiger partial charge in [-0.15, -0.1) is 0 Å². The molecule has 0 rings (SSSR count). The molecule has 0 saturated heterocycles. The van der Waals surface area contributed by atoms with Gasteiger partial charge in [0.15, 0.2) is 0 Å². The van der Waals surface area contributed by atoms with Crippen LogP contribution in [0.5, 0.6) is 0 Å². The zero-order chi connectivity index (χ0) is 9.23. The Morgan fingerprint density at radius 3 is 2.50 bits per heavy atom. The van der Waals surface area contributed by atoms with Gasteiger partial charge in [-0.25, -0.2) is 0 Å². The maximum atomic E-state index is 10.1. The summed E-state index contributed by atoms with van der Waals surface area (Å²) in [6.07, 6.45) is 5.06. The van der Waals surface area contributed by atoms with E-state index in [-0.39, 0.29) is 20.9 Å².